The Balaban J connectivity index is 1.19. The van der Waals surface area contributed by atoms with Gasteiger partial charge in [-0.3, -0.25) is 9.59 Å². The third kappa shape index (κ3) is 4.25. The minimum atomic E-state index is 0.0240. The maximum Gasteiger partial charge on any atom is 0.196 e. The number of ketones is 1. The highest BCUT2D eigenvalue weighted by Gasteiger charge is 2.32. The van der Waals surface area contributed by atoms with Crippen molar-refractivity contribution in [3.8, 4) is 29.9 Å². The molecule has 3 aromatic heterocycles. The Morgan fingerprint density at radius 2 is 1.10 bits per heavy atom. The number of hydrogen-bond acceptors (Lipinski definition) is 6. The van der Waals surface area contributed by atoms with Crippen molar-refractivity contribution in [2.75, 3.05) is 4.90 Å². The van der Waals surface area contributed by atoms with Crippen LogP contribution in [0.15, 0.2) is 97.1 Å². The molecule has 0 saturated carbocycles. The Kier molecular flexibility index (Phi) is 6.12. The molecule has 3 nitrogen and oxygen atoms in total. The first-order valence-electron chi connectivity index (χ1n) is 12.9. The highest BCUT2D eigenvalue weighted by atomic mass is 32.1. The first kappa shape index (κ1) is 24.9. The molecule has 0 spiro atoms. The Hall–Kier alpha value is -4.10. The second-order valence-electron chi connectivity index (χ2n) is 9.91. The fraction of sp³-hybridized carbons (Fsp3) is 0.0588. The second-order valence-corrected chi connectivity index (χ2v) is 13.1. The van der Waals surface area contributed by atoms with Crippen molar-refractivity contribution in [3.63, 3.8) is 0 Å². The molecule has 3 heterocycles. The van der Waals surface area contributed by atoms with E-state index in [0.717, 1.165) is 54.0 Å². The second kappa shape index (κ2) is 9.82. The van der Waals surface area contributed by atoms with Gasteiger partial charge in [-0.15, -0.1) is 34.0 Å². The van der Waals surface area contributed by atoms with Crippen LogP contribution in [0.1, 0.15) is 36.7 Å². The standard InChI is InChI=1S/C34H23NO2S3/c1-20-3-9-23(10-4-20)35(24-11-5-21(2)6-12-24)25-13-7-22(8-14-25)29-15-16-30(39-29)31-18-28-32(37)27-17-26(19-36)38-33(27)34(28)40-31/h3-19H,1-2H3. The van der Waals surface area contributed by atoms with Gasteiger partial charge >= 0.3 is 0 Å². The van der Waals surface area contributed by atoms with E-state index < -0.39 is 0 Å². The van der Waals surface area contributed by atoms with Crippen molar-refractivity contribution in [1.29, 1.82) is 0 Å². The molecule has 7 rings (SSSR count). The first-order chi connectivity index (χ1) is 19.5. The van der Waals surface area contributed by atoms with E-state index in [4.69, 9.17) is 0 Å². The highest BCUT2D eigenvalue weighted by Crippen LogP contribution is 2.50. The molecule has 0 fully saturated rings. The zero-order valence-corrected chi connectivity index (χ0v) is 24.3. The molecule has 6 aromatic rings. The van der Waals surface area contributed by atoms with E-state index in [1.54, 1.807) is 28.7 Å². The molecular formula is C34H23NO2S3. The molecule has 0 bridgehead atoms. The number of fused-ring (bicyclic) bond motifs is 3. The van der Waals surface area contributed by atoms with E-state index in [9.17, 15) is 9.59 Å². The number of aldehydes is 1. The number of rotatable bonds is 6. The van der Waals surface area contributed by atoms with Crippen LogP contribution in [0, 0.1) is 13.8 Å². The van der Waals surface area contributed by atoms with Gasteiger partial charge in [0.15, 0.2) is 12.1 Å². The molecule has 0 radical (unpaired) electrons. The van der Waals surface area contributed by atoms with Gasteiger partial charge < -0.3 is 4.90 Å². The summed E-state index contributed by atoms with van der Waals surface area (Å²) in [6.45, 7) is 4.21. The summed E-state index contributed by atoms with van der Waals surface area (Å²) in [5, 5.41) is 0. The maximum atomic E-state index is 12.9. The monoisotopic (exact) mass is 573 g/mol. The quantitative estimate of drug-likeness (QED) is 0.186. The average molecular weight is 574 g/mol. The van der Waals surface area contributed by atoms with Crippen molar-refractivity contribution in [2.24, 2.45) is 0 Å². The van der Waals surface area contributed by atoms with Gasteiger partial charge in [-0.1, -0.05) is 47.5 Å². The number of carbonyl (C=O) groups is 2. The Labute approximate surface area is 244 Å². The molecule has 1 aliphatic carbocycles. The van der Waals surface area contributed by atoms with Crippen LogP contribution in [0.5, 0.6) is 0 Å². The van der Waals surface area contributed by atoms with Crippen LogP contribution >= 0.6 is 34.0 Å². The topological polar surface area (TPSA) is 37.4 Å². The maximum absolute atomic E-state index is 12.9. The summed E-state index contributed by atoms with van der Waals surface area (Å²) < 4.78 is 0. The lowest BCUT2D eigenvalue weighted by atomic mass is 10.1. The molecule has 1 aliphatic rings. The summed E-state index contributed by atoms with van der Waals surface area (Å²) >= 11 is 4.77. The molecule has 6 heteroatoms. The summed E-state index contributed by atoms with van der Waals surface area (Å²) in [4.78, 5) is 32.3. The zero-order chi connectivity index (χ0) is 27.4. The molecule has 0 unspecified atom stereocenters. The fourth-order valence-electron chi connectivity index (χ4n) is 5.04. The number of anilines is 3. The lowest BCUT2D eigenvalue weighted by Gasteiger charge is -2.26. The third-order valence-corrected chi connectivity index (χ3v) is 10.8. The fourth-order valence-corrected chi connectivity index (χ4v) is 8.41. The first-order valence-corrected chi connectivity index (χ1v) is 15.4. The SMILES string of the molecule is Cc1ccc(N(c2ccc(C)cc2)c2ccc(-c3ccc(-c4cc5c(s4)-c4sc(C=O)cc4C5=O)s3)cc2)cc1. The van der Waals surface area contributed by atoms with Gasteiger partial charge in [0.1, 0.15) is 0 Å². The predicted octanol–water partition coefficient (Wildman–Crippen LogP) is 10.3. The van der Waals surface area contributed by atoms with Gasteiger partial charge in [0.05, 0.1) is 14.6 Å². The number of benzene rings is 3. The summed E-state index contributed by atoms with van der Waals surface area (Å²) in [5.74, 6) is 0.0240. The zero-order valence-electron chi connectivity index (χ0n) is 21.8. The summed E-state index contributed by atoms with van der Waals surface area (Å²) in [5.41, 5.74) is 8.39. The Bertz CT molecular complexity index is 1840. The Morgan fingerprint density at radius 1 is 0.575 bits per heavy atom. The number of thiophene rings is 3. The largest absolute Gasteiger partial charge is 0.311 e. The van der Waals surface area contributed by atoms with E-state index in [1.807, 2.05) is 6.07 Å². The average Bonchev–Trinajstić information content (AvgIpc) is 3.75. The van der Waals surface area contributed by atoms with Crippen molar-refractivity contribution in [3.05, 3.63) is 124 Å². The van der Waals surface area contributed by atoms with Gasteiger partial charge in [-0.05, 0) is 80.1 Å². The normalized spacial score (nSPS) is 11.9. The summed E-state index contributed by atoms with van der Waals surface area (Å²) in [6.07, 6.45) is 0.821. The van der Waals surface area contributed by atoms with Gasteiger partial charge in [0, 0.05) is 42.8 Å². The minimum absolute atomic E-state index is 0.0240. The van der Waals surface area contributed by atoms with Crippen molar-refractivity contribution >= 4 is 63.1 Å². The van der Waals surface area contributed by atoms with E-state index >= 15 is 0 Å². The Morgan fingerprint density at radius 3 is 1.70 bits per heavy atom. The molecule has 0 amide bonds. The van der Waals surface area contributed by atoms with Gasteiger partial charge in [0.25, 0.3) is 0 Å². The van der Waals surface area contributed by atoms with Crippen molar-refractivity contribution in [1.82, 2.24) is 0 Å². The molecule has 194 valence electrons. The highest BCUT2D eigenvalue weighted by molar-refractivity contribution is 7.28. The van der Waals surface area contributed by atoms with Crippen LogP contribution in [0.3, 0.4) is 0 Å². The smallest absolute Gasteiger partial charge is 0.196 e. The summed E-state index contributed by atoms with van der Waals surface area (Å²) in [6, 6.07) is 34.0. The predicted molar refractivity (Wildman–Crippen MR) is 169 cm³/mol. The number of nitrogens with zero attached hydrogens (tertiary/aromatic N) is 1. The van der Waals surface area contributed by atoms with Crippen molar-refractivity contribution in [2.45, 2.75) is 13.8 Å². The molecule has 3 aromatic carbocycles. The minimum Gasteiger partial charge on any atom is -0.311 e. The van der Waals surface area contributed by atoms with Crippen LogP contribution in [0.2, 0.25) is 0 Å². The van der Waals surface area contributed by atoms with Crippen molar-refractivity contribution < 1.29 is 9.59 Å². The van der Waals surface area contributed by atoms with E-state index in [0.29, 0.717) is 10.4 Å². The molecule has 0 N–H and O–H groups in total. The van der Waals surface area contributed by atoms with Crippen LogP contribution in [0.4, 0.5) is 17.1 Å². The lowest BCUT2D eigenvalue weighted by molar-refractivity contribution is 0.104. The van der Waals surface area contributed by atoms with Crippen LogP contribution in [0.25, 0.3) is 29.9 Å². The third-order valence-electron chi connectivity index (χ3n) is 7.14. The molecule has 0 aliphatic heterocycles. The van der Waals surface area contributed by atoms with E-state index in [-0.39, 0.29) is 5.78 Å². The van der Waals surface area contributed by atoms with E-state index in [2.05, 4.69) is 104 Å². The molecular weight excluding hydrogens is 551 g/mol. The number of hydrogen-bond donors (Lipinski definition) is 0. The van der Waals surface area contributed by atoms with Crippen LogP contribution in [-0.2, 0) is 0 Å². The van der Waals surface area contributed by atoms with Crippen LogP contribution < -0.4 is 4.90 Å². The van der Waals surface area contributed by atoms with E-state index in [1.165, 1.54) is 27.3 Å². The van der Waals surface area contributed by atoms with Gasteiger partial charge in [0.2, 0.25) is 0 Å². The molecule has 0 atom stereocenters. The lowest BCUT2D eigenvalue weighted by Crippen LogP contribution is -2.09. The van der Waals surface area contributed by atoms with Gasteiger partial charge in [-0.25, -0.2) is 0 Å². The summed E-state index contributed by atoms with van der Waals surface area (Å²) in [7, 11) is 0. The number of carbonyl (C=O) groups excluding carboxylic acids is 2. The molecule has 0 saturated heterocycles. The van der Waals surface area contributed by atoms with Gasteiger partial charge in [-0.2, -0.15) is 0 Å². The number of aryl methyl sites for hydroxylation is 2. The molecule has 40 heavy (non-hydrogen) atoms. The van der Waals surface area contributed by atoms with Crippen LogP contribution in [-0.4, -0.2) is 12.1 Å².